The molecule has 2 aromatic carbocycles. The van der Waals surface area contributed by atoms with Gasteiger partial charge in [-0.15, -0.1) is 0 Å². The quantitative estimate of drug-likeness (QED) is 0.353. The summed E-state index contributed by atoms with van der Waals surface area (Å²) in [6.45, 7) is 8.91. The number of aliphatic hydroxyl groups excluding tert-OH is 1. The van der Waals surface area contributed by atoms with Gasteiger partial charge in [0, 0.05) is 34.6 Å². The molecule has 3 aromatic rings. The van der Waals surface area contributed by atoms with E-state index in [9.17, 15) is 14.3 Å². The van der Waals surface area contributed by atoms with Crippen LogP contribution in [0.4, 0.5) is 20.7 Å². The fourth-order valence-electron chi connectivity index (χ4n) is 4.19. The first-order valence-electron chi connectivity index (χ1n) is 12.3. The summed E-state index contributed by atoms with van der Waals surface area (Å²) in [5, 5.41) is 14.1. The highest BCUT2D eigenvalue weighted by Crippen LogP contribution is 2.34. The Bertz CT molecular complexity index is 1270. The van der Waals surface area contributed by atoms with Crippen molar-refractivity contribution in [3.8, 4) is 5.75 Å². The molecule has 1 amide bonds. The van der Waals surface area contributed by atoms with E-state index < -0.39 is 17.5 Å². The van der Waals surface area contributed by atoms with Gasteiger partial charge in [-0.2, -0.15) is 0 Å². The molecule has 1 saturated heterocycles. The van der Waals surface area contributed by atoms with E-state index in [-0.39, 0.29) is 17.7 Å². The molecule has 1 atom stereocenters. The van der Waals surface area contributed by atoms with Gasteiger partial charge in [0.1, 0.15) is 29.3 Å². The number of aromatic nitrogens is 2. The van der Waals surface area contributed by atoms with Crippen molar-refractivity contribution in [3.63, 3.8) is 0 Å². The second kappa shape index (κ2) is 11.2. The maximum absolute atomic E-state index is 14.4. The number of halogens is 2. The Labute approximate surface area is 224 Å². The number of benzene rings is 2. The first kappa shape index (κ1) is 27.1. The minimum atomic E-state index is -0.800. The zero-order chi connectivity index (χ0) is 26.7. The Hall–Kier alpha value is -2.98. The number of anilines is 2. The summed E-state index contributed by atoms with van der Waals surface area (Å²) in [7, 11) is 0. The molecular formula is C27H32BrFN4O4. The van der Waals surface area contributed by atoms with E-state index in [2.05, 4.69) is 31.2 Å². The molecule has 4 rings (SSSR count). The fourth-order valence-corrected chi connectivity index (χ4v) is 4.52. The van der Waals surface area contributed by atoms with Crippen molar-refractivity contribution < 1.29 is 23.8 Å². The second-order valence-corrected chi connectivity index (χ2v) is 11.2. The summed E-state index contributed by atoms with van der Waals surface area (Å²) in [5.41, 5.74) is 0.956. The van der Waals surface area contributed by atoms with Crippen LogP contribution in [-0.4, -0.2) is 51.4 Å². The molecule has 0 bridgehead atoms. The lowest BCUT2D eigenvalue weighted by Crippen LogP contribution is -2.42. The third kappa shape index (κ3) is 6.87. The molecule has 37 heavy (non-hydrogen) atoms. The predicted octanol–water partition coefficient (Wildman–Crippen LogP) is 6.35. The molecule has 0 aliphatic carbocycles. The Morgan fingerprint density at radius 3 is 2.62 bits per heavy atom. The molecule has 198 valence electrons. The van der Waals surface area contributed by atoms with Crippen molar-refractivity contribution in [1.82, 2.24) is 14.9 Å². The lowest BCUT2D eigenvalue weighted by molar-refractivity contribution is 0.0164. The van der Waals surface area contributed by atoms with E-state index in [1.807, 2.05) is 20.8 Å². The maximum atomic E-state index is 14.4. The third-order valence-corrected chi connectivity index (χ3v) is 6.64. The van der Waals surface area contributed by atoms with Gasteiger partial charge in [0.25, 0.3) is 0 Å². The summed E-state index contributed by atoms with van der Waals surface area (Å²) < 4.78 is 26.7. The highest BCUT2D eigenvalue weighted by molar-refractivity contribution is 9.10. The van der Waals surface area contributed by atoms with E-state index in [0.717, 1.165) is 12.8 Å². The largest absolute Gasteiger partial charge is 0.493 e. The molecule has 1 fully saturated rings. The number of nitrogens with zero attached hydrogens (tertiary/aromatic N) is 3. The van der Waals surface area contributed by atoms with Crippen LogP contribution in [0.2, 0.25) is 0 Å². The molecule has 8 nitrogen and oxygen atoms in total. The average molecular weight is 575 g/mol. The molecule has 2 N–H and O–H groups in total. The molecule has 1 aromatic heterocycles. The Morgan fingerprint density at radius 1 is 1.24 bits per heavy atom. The van der Waals surface area contributed by atoms with Crippen molar-refractivity contribution in [2.45, 2.75) is 52.2 Å². The van der Waals surface area contributed by atoms with Crippen molar-refractivity contribution in [2.24, 2.45) is 5.92 Å². The molecule has 1 aliphatic heterocycles. The van der Waals surface area contributed by atoms with Crippen molar-refractivity contribution in [3.05, 3.63) is 52.5 Å². The minimum Gasteiger partial charge on any atom is -0.493 e. The molecule has 1 aliphatic rings. The van der Waals surface area contributed by atoms with Gasteiger partial charge >= 0.3 is 6.09 Å². The summed E-state index contributed by atoms with van der Waals surface area (Å²) in [5.74, 6) is 0.805. The van der Waals surface area contributed by atoms with E-state index in [0.29, 0.717) is 52.2 Å². The Kier molecular flexibility index (Phi) is 8.18. The number of hydrogen-bond donors (Lipinski definition) is 2. The van der Waals surface area contributed by atoms with Crippen LogP contribution in [0.5, 0.6) is 5.75 Å². The number of amides is 1. The fraction of sp³-hybridized carbons (Fsp3) is 0.444. The third-order valence-electron chi connectivity index (χ3n) is 6.14. The molecule has 1 unspecified atom stereocenters. The lowest BCUT2D eigenvalue weighted by Gasteiger charge is -2.33. The topological polar surface area (TPSA) is 96.8 Å². The number of carbonyl (C=O) groups excluding carboxylic acids is 1. The number of likely N-dealkylation sites (tertiary alicyclic amines) is 1. The highest BCUT2D eigenvalue weighted by atomic mass is 79.9. The van der Waals surface area contributed by atoms with Crippen LogP contribution in [-0.2, 0) is 4.74 Å². The SMILES string of the molecule is CC(O)c1cc2c(Nc3ccc(Br)cc3F)ncnc2cc1OCC1CCN(C(=O)OC(C)(C)C)CC1. The summed E-state index contributed by atoms with van der Waals surface area (Å²) >= 11 is 3.26. The van der Waals surface area contributed by atoms with Gasteiger partial charge in [-0.3, -0.25) is 0 Å². The summed E-state index contributed by atoms with van der Waals surface area (Å²) in [6.07, 6.45) is 1.91. The van der Waals surface area contributed by atoms with Crippen LogP contribution >= 0.6 is 15.9 Å². The van der Waals surface area contributed by atoms with Gasteiger partial charge in [-0.1, -0.05) is 15.9 Å². The lowest BCUT2D eigenvalue weighted by atomic mass is 9.98. The number of nitrogens with one attached hydrogen (secondary N) is 1. The first-order chi connectivity index (χ1) is 17.5. The van der Waals surface area contributed by atoms with Crippen LogP contribution in [0.3, 0.4) is 0 Å². The molecule has 10 heteroatoms. The van der Waals surface area contributed by atoms with Crippen LogP contribution < -0.4 is 10.1 Å². The minimum absolute atomic E-state index is 0.263. The van der Waals surface area contributed by atoms with Gasteiger partial charge in [0.05, 0.1) is 23.9 Å². The van der Waals surface area contributed by atoms with E-state index in [4.69, 9.17) is 9.47 Å². The second-order valence-electron chi connectivity index (χ2n) is 10.3. The van der Waals surface area contributed by atoms with Crippen molar-refractivity contribution in [2.75, 3.05) is 25.0 Å². The van der Waals surface area contributed by atoms with Crippen LogP contribution in [0.15, 0.2) is 41.1 Å². The standard InChI is InChI=1S/C27H32BrFN4O4/c1-16(34)19-12-20-23(30-15-31-25(20)32-22-6-5-18(28)11-21(22)29)13-24(19)36-14-17-7-9-33(10-8-17)26(35)37-27(2,3)4/h5-6,11-13,15-17,34H,7-10,14H2,1-4H3,(H,30,31,32). The van der Waals surface area contributed by atoms with E-state index >= 15 is 0 Å². The monoisotopic (exact) mass is 574 g/mol. The zero-order valence-corrected chi connectivity index (χ0v) is 23.0. The van der Waals surface area contributed by atoms with Gasteiger partial charge in [-0.05, 0) is 70.7 Å². The summed E-state index contributed by atoms with van der Waals surface area (Å²) in [4.78, 5) is 22.7. The van der Waals surface area contributed by atoms with Crippen LogP contribution in [0, 0.1) is 11.7 Å². The number of carbonyl (C=O) groups is 1. The zero-order valence-electron chi connectivity index (χ0n) is 21.4. The molecular weight excluding hydrogens is 543 g/mol. The molecule has 2 heterocycles. The Balaban J connectivity index is 1.47. The van der Waals surface area contributed by atoms with Crippen LogP contribution in [0.25, 0.3) is 10.9 Å². The number of hydrogen-bond acceptors (Lipinski definition) is 7. The predicted molar refractivity (Wildman–Crippen MR) is 144 cm³/mol. The van der Waals surface area contributed by atoms with Gasteiger partial charge < -0.3 is 24.8 Å². The number of piperidine rings is 1. The number of fused-ring (bicyclic) bond motifs is 1. The van der Waals surface area contributed by atoms with E-state index in [1.54, 1.807) is 36.1 Å². The molecule has 0 spiro atoms. The average Bonchev–Trinajstić information content (AvgIpc) is 2.83. The molecule has 0 saturated carbocycles. The Morgan fingerprint density at radius 2 is 1.97 bits per heavy atom. The smallest absolute Gasteiger partial charge is 0.410 e. The van der Waals surface area contributed by atoms with Crippen LogP contribution in [0.1, 0.15) is 52.2 Å². The van der Waals surface area contributed by atoms with Crippen molar-refractivity contribution >= 4 is 44.4 Å². The number of aliphatic hydroxyl groups is 1. The maximum Gasteiger partial charge on any atom is 0.410 e. The highest BCUT2D eigenvalue weighted by Gasteiger charge is 2.27. The first-order valence-corrected chi connectivity index (χ1v) is 13.1. The number of rotatable bonds is 6. The van der Waals surface area contributed by atoms with Gasteiger partial charge in [0.15, 0.2) is 0 Å². The summed E-state index contributed by atoms with van der Waals surface area (Å²) in [6, 6.07) is 8.28. The van der Waals surface area contributed by atoms with Crippen molar-refractivity contribution in [1.29, 1.82) is 0 Å². The molecule has 0 radical (unpaired) electrons. The van der Waals surface area contributed by atoms with E-state index in [1.165, 1.54) is 12.4 Å². The normalized spacial score (nSPS) is 15.5. The number of ether oxygens (including phenoxy) is 2. The van der Waals surface area contributed by atoms with Gasteiger partial charge in [0.2, 0.25) is 0 Å². The van der Waals surface area contributed by atoms with Gasteiger partial charge in [-0.25, -0.2) is 19.2 Å².